The molecule has 3 heterocycles. The molecule has 0 spiro atoms. The van der Waals surface area contributed by atoms with E-state index >= 15 is 0 Å². The minimum Gasteiger partial charge on any atom is -0.374 e. The molecular weight excluding hydrogens is 396 g/mol. The highest BCUT2D eigenvalue weighted by atomic mass is 32.1. The number of anilines is 2. The van der Waals surface area contributed by atoms with Crippen LogP contribution in [0.3, 0.4) is 0 Å². The molecule has 4 rings (SSSR count). The van der Waals surface area contributed by atoms with E-state index in [1.807, 2.05) is 6.07 Å². The molecule has 1 fully saturated rings. The molecule has 2 N–H and O–H groups in total. The minimum atomic E-state index is 0. The highest BCUT2D eigenvalue weighted by Gasteiger charge is 2.15. The highest BCUT2D eigenvalue weighted by Crippen LogP contribution is 2.27. The topological polar surface area (TPSA) is 75.2 Å². The zero-order valence-electron chi connectivity index (χ0n) is 17.6. The minimum absolute atomic E-state index is 0. The Hall–Kier alpha value is -2.42. The van der Waals surface area contributed by atoms with Gasteiger partial charge in [-0.2, -0.15) is 13.5 Å². The summed E-state index contributed by atoms with van der Waals surface area (Å²) in [5.74, 6) is 0.743. The molecule has 1 atom stereocenters. The van der Waals surface area contributed by atoms with E-state index in [1.165, 1.54) is 5.69 Å². The first-order valence-electron chi connectivity index (χ1n) is 10.3. The zero-order valence-corrected chi connectivity index (χ0v) is 18.6. The molecule has 1 saturated heterocycles. The normalized spacial score (nSPS) is 16.1. The average Bonchev–Trinajstić information content (AvgIpc) is 2.79. The number of nitrogens with one attached hydrogen (secondary N) is 2. The Labute approximate surface area is 184 Å². The number of morpholine rings is 1. The van der Waals surface area contributed by atoms with Gasteiger partial charge in [0.05, 0.1) is 23.9 Å². The van der Waals surface area contributed by atoms with Crippen molar-refractivity contribution < 1.29 is 4.74 Å². The van der Waals surface area contributed by atoms with Crippen LogP contribution in [0.15, 0.2) is 42.7 Å². The van der Waals surface area contributed by atoms with Gasteiger partial charge in [-0.3, -0.25) is 4.98 Å². The second kappa shape index (κ2) is 10.6. The fourth-order valence-corrected chi connectivity index (χ4v) is 3.64. The van der Waals surface area contributed by atoms with Crippen LogP contribution in [0, 0.1) is 0 Å². The number of fused-ring (bicyclic) bond motifs is 1. The number of hydrogen-bond donors (Lipinski definition) is 2. The Morgan fingerprint density at radius 1 is 1.13 bits per heavy atom. The molecule has 0 bridgehead atoms. The third kappa shape index (κ3) is 5.00. The molecule has 1 unspecified atom stereocenters. The number of hydrogen-bond acceptors (Lipinski definition) is 7. The van der Waals surface area contributed by atoms with Crippen LogP contribution in [0.1, 0.15) is 13.8 Å². The van der Waals surface area contributed by atoms with E-state index < -0.39 is 0 Å². The SMILES string of the molecule is CCN(CC)c1ccc(-c2cc3nccnc3c(NCC3CNCCO3)n2)cc1.S. The molecule has 30 heavy (non-hydrogen) atoms. The number of rotatable bonds is 7. The first kappa shape index (κ1) is 22.3. The average molecular weight is 427 g/mol. The summed E-state index contributed by atoms with van der Waals surface area (Å²) in [7, 11) is 0. The lowest BCUT2D eigenvalue weighted by atomic mass is 10.1. The summed E-state index contributed by atoms with van der Waals surface area (Å²) in [5.41, 5.74) is 4.77. The quantitative estimate of drug-likeness (QED) is 0.601. The third-order valence-electron chi connectivity index (χ3n) is 5.25. The van der Waals surface area contributed by atoms with Gasteiger partial charge < -0.3 is 20.3 Å². The van der Waals surface area contributed by atoms with Gasteiger partial charge in [0.25, 0.3) is 0 Å². The number of nitrogens with zero attached hydrogens (tertiary/aromatic N) is 4. The van der Waals surface area contributed by atoms with E-state index in [-0.39, 0.29) is 19.6 Å². The van der Waals surface area contributed by atoms with Crippen molar-refractivity contribution in [2.24, 2.45) is 0 Å². The van der Waals surface area contributed by atoms with Crippen LogP contribution in [0.2, 0.25) is 0 Å². The Balaban J connectivity index is 0.00000256. The van der Waals surface area contributed by atoms with E-state index in [2.05, 4.69) is 63.6 Å². The van der Waals surface area contributed by atoms with Crippen molar-refractivity contribution in [3.63, 3.8) is 0 Å². The Morgan fingerprint density at radius 2 is 1.90 bits per heavy atom. The molecule has 160 valence electrons. The fraction of sp³-hybridized carbons (Fsp3) is 0.409. The summed E-state index contributed by atoms with van der Waals surface area (Å²) in [6.07, 6.45) is 3.54. The van der Waals surface area contributed by atoms with Gasteiger partial charge in [-0.25, -0.2) is 9.97 Å². The molecule has 7 nitrogen and oxygen atoms in total. The maximum atomic E-state index is 5.79. The number of ether oxygens (including phenoxy) is 1. The molecule has 0 amide bonds. The lowest BCUT2D eigenvalue weighted by Crippen LogP contribution is -2.42. The maximum Gasteiger partial charge on any atom is 0.154 e. The van der Waals surface area contributed by atoms with Gasteiger partial charge in [0.1, 0.15) is 5.52 Å². The lowest BCUT2D eigenvalue weighted by Gasteiger charge is -2.24. The Bertz CT molecular complexity index is 942. The van der Waals surface area contributed by atoms with Gasteiger partial charge in [0.2, 0.25) is 0 Å². The summed E-state index contributed by atoms with van der Waals surface area (Å²) in [6.45, 7) is 9.48. The van der Waals surface area contributed by atoms with Crippen LogP contribution >= 0.6 is 13.5 Å². The summed E-state index contributed by atoms with van der Waals surface area (Å²) < 4.78 is 5.79. The van der Waals surface area contributed by atoms with Gasteiger partial charge in [0.15, 0.2) is 5.82 Å². The van der Waals surface area contributed by atoms with Crippen molar-refractivity contribution in [1.82, 2.24) is 20.3 Å². The predicted octanol–water partition coefficient (Wildman–Crippen LogP) is 3.05. The van der Waals surface area contributed by atoms with Crippen molar-refractivity contribution in [1.29, 1.82) is 0 Å². The van der Waals surface area contributed by atoms with Gasteiger partial charge in [0, 0.05) is 56.4 Å². The Kier molecular flexibility index (Phi) is 7.84. The largest absolute Gasteiger partial charge is 0.374 e. The summed E-state index contributed by atoms with van der Waals surface area (Å²) in [6, 6.07) is 10.5. The van der Waals surface area contributed by atoms with Crippen LogP contribution in [-0.2, 0) is 4.74 Å². The third-order valence-corrected chi connectivity index (χ3v) is 5.25. The molecular formula is C22H30N6OS. The highest BCUT2D eigenvalue weighted by molar-refractivity contribution is 7.59. The van der Waals surface area contributed by atoms with E-state index in [1.54, 1.807) is 12.4 Å². The second-order valence-corrected chi connectivity index (χ2v) is 7.08. The zero-order chi connectivity index (χ0) is 20.1. The van der Waals surface area contributed by atoms with Crippen molar-refractivity contribution in [3.8, 4) is 11.3 Å². The summed E-state index contributed by atoms with van der Waals surface area (Å²) in [5, 5.41) is 6.78. The number of aromatic nitrogens is 3. The van der Waals surface area contributed by atoms with E-state index in [0.29, 0.717) is 6.54 Å². The van der Waals surface area contributed by atoms with Gasteiger partial charge in [-0.15, -0.1) is 0 Å². The van der Waals surface area contributed by atoms with Crippen molar-refractivity contribution >= 4 is 36.0 Å². The van der Waals surface area contributed by atoms with E-state index in [4.69, 9.17) is 9.72 Å². The van der Waals surface area contributed by atoms with Gasteiger partial charge >= 0.3 is 0 Å². The maximum absolute atomic E-state index is 5.79. The second-order valence-electron chi connectivity index (χ2n) is 7.08. The molecule has 8 heteroatoms. The molecule has 1 aromatic carbocycles. The molecule has 0 radical (unpaired) electrons. The fourth-order valence-electron chi connectivity index (χ4n) is 3.64. The molecule has 3 aromatic rings. The van der Waals surface area contributed by atoms with Crippen LogP contribution in [0.5, 0.6) is 0 Å². The van der Waals surface area contributed by atoms with E-state index in [9.17, 15) is 0 Å². The van der Waals surface area contributed by atoms with Gasteiger partial charge in [-0.1, -0.05) is 12.1 Å². The number of pyridine rings is 1. The van der Waals surface area contributed by atoms with Crippen LogP contribution < -0.4 is 15.5 Å². The molecule has 1 aliphatic rings. The molecule has 0 aliphatic carbocycles. The van der Waals surface area contributed by atoms with Crippen LogP contribution in [-0.4, -0.2) is 60.4 Å². The van der Waals surface area contributed by atoms with Crippen molar-refractivity contribution in [2.45, 2.75) is 20.0 Å². The summed E-state index contributed by atoms with van der Waals surface area (Å²) >= 11 is 0. The van der Waals surface area contributed by atoms with Crippen LogP contribution in [0.4, 0.5) is 11.5 Å². The van der Waals surface area contributed by atoms with Gasteiger partial charge in [-0.05, 0) is 32.0 Å². The standard InChI is InChI=1S/C22H28N6O.H2S/c1-3-28(4-2)17-7-5-16(6-8-17)19-13-20-21(25-10-9-24-20)22(27-19)26-15-18-14-23-11-12-29-18;/h5-10,13,18,23H,3-4,11-12,14-15H2,1-2H3,(H,26,27);1H2. The lowest BCUT2D eigenvalue weighted by molar-refractivity contribution is 0.0372. The first-order valence-corrected chi connectivity index (χ1v) is 10.3. The molecule has 0 saturated carbocycles. The molecule has 2 aromatic heterocycles. The molecule has 1 aliphatic heterocycles. The number of benzene rings is 1. The summed E-state index contributed by atoms with van der Waals surface area (Å²) in [4.78, 5) is 16.2. The smallest absolute Gasteiger partial charge is 0.154 e. The predicted molar refractivity (Wildman–Crippen MR) is 128 cm³/mol. The monoisotopic (exact) mass is 426 g/mol. The van der Waals surface area contributed by atoms with Crippen LogP contribution in [0.25, 0.3) is 22.3 Å². The first-order chi connectivity index (χ1) is 14.3. The Morgan fingerprint density at radius 3 is 2.60 bits per heavy atom. The van der Waals surface area contributed by atoms with Crippen molar-refractivity contribution in [3.05, 3.63) is 42.7 Å². The van der Waals surface area contributed by atoms with E-state index in [0.717, 1.165) is 60.9 Å². The van der Waals surface area contributed by atoms with Crippen molar-refractivity contribution in [2.75, 3.05) is 49.5 Å².